The maximum atomic E-state index is 6.18. The Morgan fingerprint density at radius 1 is 0.806 bits per heavy atom. The van der Waals surface area contributed by atoms with Gasteiger partial charge in [0.15, 0.2) is 0 Å². The van der Waals surface area contributed by atoms with E-state index < -0.39 is 0 Å². The second-order valence-electron chi connectivity index (χ2n) is 7.48. The summed E-state index contributed by atoms with van der Waals surface area (Å²) in [6, 6.07) is 24.2. The van der Waals surface area contributed by atoms with Crippen LogP contribution in [0.25, 0.3) is 11.5 Å². The molecule has 7 heteroatoms. The predicted octanol–water partition coefficient (Wildman–Crippen LogP) is 4.81. The molecule has 1 saturated heterocycles. The average Bonchev–Trinajstić information content (AvgIpc) is 3.32. The number of rotatable bonds is 5. The molecule has 1 atom stereocenters. The van der Waals surface area contributed by atoms with Crippen LogP contribution in [0, 0.1) is 0 Å². The van der Waals surface area contributed by atoms with E-state index in [2.05, 4.69) is 71.2 Å². The van der Waals surface area contributed by atoms with Crippen molar-refractivity contribution in [1.82, 2.24) is 20.1 Å². The van der Waals surface area contributed by atoms with Crippen molar-refractivity contribution in [1.29, 1.82) is 0 Å². The zero-order chi connectivity index (χ0) is 21.0. The third-order valence-electron chi connectivity index (χ3n) is 5.53. The van der Waals surface area contributed by atoms with Gasteiger partial charge in [0.25, 0.3) is 0 Å². The first-order valence-electron chi connectivity index (χ1n) is 10.3. The second-order valence-corrected chi connectivity index (χ2v) is 8.39. The molecule has 0 N–H and O–H groups in total. The SMILES string of the molecule is Brc1ccc(C(c2nnc(-c3ccccc3)o2)N2CCN(c3ccccn3)CC2)cc1. The summed E-state index contributed by atoms with van der Waals surface area (Å²) in [6.07, 6.45) is 1.84. The normalized spacial score (nSPS) is 15.7. The molecule has 0 aliphatic carbocycles. The summed E-state index contributed by atoms with van der Waals surface area (Å²) in [5, 5.41) is 8.78. The highest BCUT2D eigenvalue weighted by molar-refractivity contribution is 9.10. The minimum absolute atomic E-state index is 0.0936. The van der Waals surface area contributed by atoms with Gasteiger partial charge in [0, 0.05) is 42.4 Å². The highest BCUT2D eigenvalue weighted by Crippen LogP contribution is 2.32. The molecule has 31 heavy (non-hydrogen) atoms. The first-order chi connectivity index (χ1) is 15.3. The van der Waals surface area contributed by atoms with Gasteiger partial charge in [-0.2, -0.15) is 0 Å². The van der Waals surface area contributed by atoms with Gasteiger partial charge in [-0.05, 0) is 42.0 Å². The van der Waals surface area contributed by atoms with Gasteiger partial charge < -0.3 is 9.32 Å². The number of hydrogen-bond acceptors (Lipinski definition) is 6. The lowest BCUT2D eigenvalue weighted by atomic mass is 10.0. The van der Waals surface area contributed by atoms with Gasteiger partial charge in [-0.3, -0.25) is 4.90 Å². The third-order valence-corrected chi connectivity index (χ3v) is 6.06. The van der Waals surface area contributed by atoms with E-state index >= 15 is 0 Å². The van der Waals surface area contributed by atoms with Crippen molar-refractivity contribution in [3.05, 3.63) is 94.9 Å². The molecular weight excluding hydrogens is 454 g/mol. The molecule has 0 saturated carbocycles. The summed E-state index contributed by atoms with van der Waals surface area (Å²) >= 11 is 3.54. The van der Waals surface area contributed by atoms with Crippen molar-refractivity contribution < 1.29 is 4.42 Å². The van der Waals surface area contributed by atoms with Crippen molar-refractivity contribution in [2.24, 2.45) is 0 Å². The fourth-order valence-corrected chi connectivity index (χ4v) is 4.21. The van der Waals surface area contributed by atoms with Crippen LogP contribution in [0.2, 0.25) is 0 Å². The van der Waals surface area contributed by atoms with Gasteiger partial charge in [0.1, 0.15) is 11.9 Å². The molecule has 6 nitrogen and oxygen atoms in total. The third kappa shape index (κ3) is 4.38. The van der Waals surface area contributed by atoms with E-state index in [1.165, 1.54) is 0 Å². The second kappa shape index (κ2) is 8.99. The topological polar surface area (TPSA) is 58.3 Å². The van der Waals surface area contributed by atoms with Crippen LogP contribution in [0.3, 0.4) is 0 Å². The van der Waals surface area contributed by atoms with Crippen molar-refractivity contribution in [2.75, 3.05) is 31.1 Å². The molecule has 0 radical (unpaired) electrons. The van der Waals surface area contributed by atoms with Gasteiger partial charge in [-0.15, -0.1) is 10.2 Å². The quantitative estimate of drug-likeness (QED) is 0.412. The molecule has 156 valence electrons. The summed E-state index contributed by atoms with van der Waals surface area (Å²) in [4.78, 5) is 9.22. The first kappa shape index (κ1) is 19.9. The number of benzene rings is 2. The van der Waals surface area contributed by atoms with Crippen LogP contribution >= 0.6 is 15.9 Å². The van der Waals surface area contributed by atoms with Crippen LogP contribution in [0.4, 0.5) is 5.82 Å². The Morgan fingerprint density at radius 3 is 2.26 bits per heavy atom. The number of nitrogens with zero attached hydrogens (tertiary/aromatic N) is 5. The summed E-state index contributed by atoms with van der Waals surface area (Å²) in [7, 11) is 0. The highest BCUT2D eigenvalue weighted by atomic mass is 79.9. The monoisotopic (exact) mass is 475 g/mol. The Hall–Kier alpha value is -3.03. The Labute approximate surface area is 189 Å². The number of halogens is 1. The Morgan fingerprint density at radius 2 is 1.55 bits per heavy atom. The maximum Gasteiger partial charge on any atom is 0.247 e. The predicted molar refractivity (Wildman–Crippen MR) is 124 cm³/mol. The van der Waals surface area contributed by atoms with Crippen LogP contribution < -0.4 is 4.90 Å². The number of piperazine rings is 1. The number of hydrogen-bond donors (Lipinski definition) is 0. The van der Waals surface area contributed by atoms with Gasteiger partial charge in [0.05, 0.1) is 0 Å². The van der Waals surface area contributed by atoms with Gasteiger partial charge in [0.2, 0.25) is 11.8 Å². The lowest BCUT2D eigenvalue weighted by Gasteiger charge is -2.38. The van der Waals surface area contributed by atoms with Crippen LogP contribution in [-0.4, -0.2) is 46.3 Å². The molecule has 0 amide bonds. The van der Waals surface area contributed by atoms with Crippen molar-refractivity contribution in [2.45, 2.75) is 6.04 Å². The summed E-state index contributed by atoms with van der Waals surface area (Å²) < 4.78 is 7.23. The fourth-order valence-electron chi connectivity index (χ4n) is 3.95. The molecule has 4 aromatic rings. The summed E-state index contributed by atoms with van der Waals surface area (Å²) in [5.41, 5.74) is 2.06. The molecular formula is C24H22BrN5O. The molecule has 1 aliphatic rings. The molecule has 2 aromatic heterocycles. The van der Waals surface area contributed by atoms with Crippen molar-refractivity contribution in [3.8, 4) is 11.5 Å². The summed E-state index contributed by atoms with van der Waals surface area (Å²) in [6.45, 7) is 3.54. The minimum Gasteiger partial charge on any atom is -0.419 e. The maximum absolute atomic E-state index is 6.18. The van der Waals surface area contributed by atoms with E-state index in [0.717, 1.165) is 47.6 Å². The molecule has 0 bridgehead atoms. The molecule has 0 spiro atoms. The molecule has 3 heterocycles. The lowest BCUT2D eigenvalue weighted by Crippen LogP contribution is -2.48. The smallest absolute Gasteiger partial charge is 0.247 e. The minimum atomic E-state index is -0.0936. The van der Waals surface area contributed by atoms with E-state index in [0.29, 0.717) is 11.8 Å². The van der Waals surface area contributed by atoms with Crippen LogP contribution in [0.5, 0.6) is 0 Å². The zero-order valence-electron chi connectivity index (χ0n) is 16.9. The van der Waals surface area contributed by atoms with E-state index in [4.69, 9.17) is 4.42 Å². The number of aromatic nitrogens is 3. The Bertz CT molecular complexity index is 1110. The van der Waals surface area contributed by atoms with Crippen LogP contribution in [-0.2, 0) is 0 Å². The van der Waals surface area contributed by atoms with Gasteiger partial charge in [-0.1, -0.05) is 52.3 Å². The molecule has 1 fully saturated rings. The van der Waals surface area contributed by atoms with Gasteiger partial charge >= 0.3 is 0 Å². The molecule has 1 aliphatic heterocycles. The number of pyridine rings is 1. The van der Waals surface area contributed by atoms with Gasteiger partial charge in [-0.25, -0.2) is 4.98 Å². The first-order valence-corrected chi connectivity index (χ1v) is 11.1. The zero-order valence-corrected chi connectivity index (χ0v) is 18.5. The molecule has 1 unspecified atom stereocenters. The van der Waals surface area contributed by atoms with E-state index in [-0.39, 0.29) is 6.04 Å². The fraction of sp³-hybridized carbons (Fsp3) is 0.208. The van der Waals surface area contributed by atoms with Crippen LogP contribution in [0.1, 0.15) is 17.5 Å². The molecule has 5 rings (SSSR count). The standard InChI is InChI=1S/C24H22BrN5O/c25-20-11-9-18(10-12-20)22(24-28-27-23(31-24)19-6-2-1-3-7-19)30-16-14-29(15-17-30)21-8-4-5-13-26-21/h1-13,22H,14-17H2. The highest BCUT2D eigenvalue weighted by Gasteiger charge is 2.31. The van der Waals surface area contributed by atoms with Crippen molar-refractivity contribution >= 4 is 21.7 Å². The Kier molecular flexibility index (Phi) is 5.78. The van der Waals surface area contributed by atoms with E-state index in [1.807, 2.05) is 48.7 Å². The van der Waals surface area contributed by atoms with E-state index in [9.17, 15) is 0 Å². The average molecular weight is 476 g/mol. The Balaban J connectivity index is 1.42. The molecule has 2 aromatic carbocycles. The lowest BCUT2D eigenvalue weighted by molar-refractivity contribution is 0.187. The largest absolute Gasteiger partial charge is 0.419 e. The van der Waals surface area contributed by atoms with E-state index in [1.54, 1.807) is 0 Å². The summed E-state index contributed by atoms with van der Waals surface area (Å²) in [5.74, 6) is 2.18. The van der Waals surface area contributed by atoms with Crippen molar-refractivity contribution in [3.63, 3.8) is 0 Å². The number of anilines is 1. The van der Waals surface area contributed by atoms with Crippen LogP contribution in [0.15, 0.2) is 87.9 Å².